The third-order valence-corrected chi connectivity index (χ3v) is 4.90. The van der Waals surface area contributed by atoms with Crippen molar-refractivity contribution in [1.29, 1.82) is 0 Å². The molecule has 3 rings (SSSR count). The molecule has 0 spiro atoms. The van der Waals surface area contributed by atoms with Crippen LogP contribution in [0.5, 0.6) is 0 Å². The number of nitrogens with zero attached hydrogens (tertiary/aromatic N) is 1. The summed E-state index contributed by atoms with van der Waals surface area (Å²) in [5, 5.41) is 3.87. The standard InChI is InChI=1S/C17H21ClN2O2/c1-20-9-8-13(10-15(20)21)17(22)19-16(11-2-3-11)12-4-6-14(18)7-5-12/h4-7,11,13,16H,2-3,8-10H2,1H3,(H,19,22). The molecule has 1 heterocycles. The quantitative estimate of drug-likeness (QED) is 0.927. The zero-order chi connectivity index (χ0) is 15.7. The third kappa shape index (κ3) is 3.43. The summed E-state index contributed by atoms with van der Waals surface area (Å²) in [4.78, 5) is 26.0. The molecule has 1 aromatic rings. The lowest BCUT2D eigenvalue weighted by atomic mass is 9.94. The van der Waals surface area contributed by atoms with E-state index < -0.39 is 0 Å². The van der Waals surface area contributed by atoms with E-state index in [9.17, 15) is 9.59 Å². The van der Waals surface area contributed by atoms with Crippen LogP contribution in [0.25, 0.3) is 0 Å². The molecule has 2 atom stereocenters. The molecule has 1 aliphatic carbocycles. The van der Waals surface area contributed by atoms with Gasteiger partial charge in [-0.1, -0.05) is 23.7 Å². The molecule has 1 N–H and O–H groups in total. The van der Waals surface area contributed by atoms with Gasteiger partial charge in [-0.25, -0.2) is 0 Å². The second-order valence-corrected chi connectivity index (χ2v) is 6.82. The van der Waals surface area contributed by atoms with Crippen molar-refractivity contribution in [2.45, 2.75) is 31.7 Å². The molecule has 5 heteroatoms. The second kappa shape index (κ2) is 6.29. The van der Waals surface area contributed by atoms with Crippen molar-refractivity contribution in [3.63, 3.8) is 0 Å². The number of likely N-dealkylation sites (tertiary alicyclic amines) is 1. The number of nitrogens with one attached hydrogen (secondary N) is 1. The van der Waals surface area contributed by atoms with Crippen LogP contribution in [0.4, 0.5) is 0 Å². The Morgan fingerprint density at radius 3 is 2.55 bits per heavy atom. The second-order valence-electron chi connectivity index (χ2n) is 6.38. The third-order valence-electron chi connectivity index (χ3n) is 4.65. The minimum absolute atomic E-state index is 0.00769. The first-order valence-corrected chi connectivity index (χ1v) is 8.22. The molecular formula is C17H21ClN2O2. The normalized spacial score (nSPS) is 23.3. The zero-order valence-electron chi connectivity index (χ0n) is 12.7. The van der Waals surface area contributed by atoms with Crippen LogP contribution in [0, 0.1) is 11.8 Å². The van der Waals surface area contributed by atoms with Gasteiger partial charge in [-0.05, 0) is 42.9 Å². The molecule has 1 saturated carbocycles. The molecule has 0 aromatic heterocycles. The lowest BCUT2D eigenvalue weighted by Crippen LogP contribution is -2.43. The number of piperidine rings is 1. The van der Waals surface area contributed by atoms with Gasteiger partial charge in [-0.3, -0.25) is 9.59 Å². The smallest absolute Gasteiger partial charge is 0.224 e. The SMILES string of the molecule is CN1CCC(C(=O)NC(c2ccc(Cl)cc2)C2CC2)CC1=O. The summed E-state index contributed by atoms with van der Waals surface area (Å²) in [6, 6.07) is 7.71. The van der Waals surface area contributed by atoms with Gasteiger partial charge in [0, 0.05) is 31.0 Å². The van der Waals surface area contributed by atoms with Crippen LogP contribution in [0.3, 0.4) is 0 Å². The van der Waals surface area contributed by atoms with Crippen molar-refractivity contribution in [1.82, 2.24) is 10.2 Å². The molecule has 2 unspecified atom stereocenters. The number of carbonyl (C=O) groups is 2. The van der Waals surface area contributed by atoms with E-state index in [0.717, 1.165) is 24.8 Å². The molecule has 1 saturated heterocycles. The molecule has 4 nitrogen and oxygen atoms in total. The van der Waals surface area contributed by atoms with E-state index in [1.165, 1.54) is 0 Å². The summed E-state index contributed by atoms with van der Waals surface area (Å²) in [6.45, 7) is 0.659. The number of benzene rings is 1. The highest BCUT2D eigenvalue weighted by molar-refractivity contribution is 6.30. The van der Waals surface area contributed by atoms with Gasteiger partial charge in [-0.2, -0.15) is 0 Å². The van der Waals surface area contributed by atoms with Crippen molar-refractivity contribution >= 4 is 23.4 Å². The minimum Gasteiger partial charge on any atom is -0.349 e. The van der Waals surface area contributed by atoms with E-state index in [-0.39, 0.29) is 23.8 Å². The molecule has 2 fully saturated rings. The van der Waals surface area contributed by atoms with Crippen molar-refractivity contribution < 1.29 is 9.59 Å². The predicted molar refractivity (Wildman–Crippen MR) is 85.4 cm³/mol. The topological polar surface area (TPSA) is 49.4 Å². The van der Waals surface area contributed by atoms with Crippen LogP contribution in [0.15, 0.2) is 24.3 Å². The molecule has 1 aromatic carbocycles. The van der Waals surface area contributed by atoms with E-state index in [1.807, 2.05) is 24.3 Å². The number of hydrogen-bond donors (Lipinski definition) is 1. The average molecular weight is 321 g/mol. The molecule has 2 amide bonds. The molecule has 0 radical (unpaired) electrons. The van der Waals surface area contributed by atoms with E-state index in [2.05, 4.69) is 5.32 Å². The molecule has 2 aliphatic rings. The van der Waals surface area contributed by atoms with Gasteiger partial charge in [0.2, 0.25) is 11.8 Å². The fourth-order valence-electron chi connectivity index (χ4n) is 3.01. The molecule has 1 aliphatic heterocycles. The Bertz CT molecular complexity index is 569. The molecule has 118 valence electrons. The number of amides is 2. The van der Waals surface area contributed by atoms with Gasteiger partial charge in [0.1, 0.15) is 0 Å². The average Bonchev–Trinajstić information content (AvgIpc) is 3.33. The lowest BCUT2D eigenvalue weighted by molar-refractivity contribution is -0.139. The molecular weight excluding hydrogens is 300 g/mol. The first-order chi connectivity index (χ1) is 10.5. The van der Waals surface area contributed by atoms with Crippen LogP contribution in [0.1, 0.15) is 37.3 Å². The Hall–Kier alpha value is -1.55. The number of halogens is 1. The van der Waals surface area contributed by atoms with Gasteiger partial charge in [0.25, 0.3) is 0 Å². The molecule has 0 bridgehead atoms. The van der Waals surface area contributed by atoms with E-state index >= 15 is 0 Å². The van der Waals surface area contributed by atoms with Crippen molar-refractivity contribution in [3.05, 3.63) is 34.9 Å². The number of hydrogen-bond acceptors (Lipinski definition) is 2. The summed E-state index contributed by atoms with van der Waals surface area (Å²) >= 11 is 5.94. The Labute approximate surface area is 135 Å². The van der Waals surface area contributed by atoms with Crippen molar-refractivity contribution in [2.75, 3.05) is 13.6 Å². The van der Waals surface area contributed by atoms with Gasteiger partial charge in [-0.15, -0.1) is 0 Å². The van der Waals surface area contributed by atoms with Crippen LogP contribution in [-0.4, -0.2) is 30.3 Å². The minimum atomic E-state index is -0.197. The maximum absolute atomic E-state index is 12.5. The maximum atomic E-state index is 12.5. The lowest BCUT2D eigenvalue weighted by Gasteiger charge is -2.29. The Balaban J connectivity index is 1.67. The number of carbonyl (C=O) groups excluding carboxylic acids is 2. The zero-order valence-corrected chi connectivity index (χ0v) is 13.5. The fraction of sp³-hybridized carbons (Fsp3) is 0.529. The summed E-state index contributed by atoms with van der Waals surface area (Å²) < 4.78 is 0. The first kappa shape index (κ1) is 15.3. The highest BCUT2D eigenvalue weighted by Gasteiger charge is 2.36. The summed E-state index contributed by atoms with van der Waals surface area (Å²) in [5.74, 6) is 0.374. The van der Waals surface area contributed by atoms with Crippen LogP contribution in [0.2, 0.25) is 5.02 Å². The van der Waals surface area contributed by atoms with E-state index in [0.29, 0.717) is 23.9 Å². The maximum Gasteiger partial charge on any atom is 0.224 e. The predicted octanol–water partition coefficient (Wildman–Crippen LogP) is 2.78. The summed E-state index contributed by atoms with van der Waals surface area (Å²) in [5.41, 5.74) is 1.10. The van der Waals surface area contributed by atoms with E-state index in [4.69, 9.17) is 11.6 Å². The summed E-state index contributed by atoms with van der Waals surface area (Å²) in [6.07, 6.45) is 3.34. The van der Waals surface area contributed by atoms with E-state index in [1.54, 1.807) is 11.9 Å². The van der Waals surface area contributed by atoms with Gasteiger partial charge in [0.05, 0.1) is 6.04 Å². The largest absolute Gasteiger partial charge is 0.349 e. The Kier molecular flexibility index (Phi) is 4.39. The van der Waals surface area contributed by atoms with Gasteiger partial charge >= 0.3 is 0 Å². The van der Waals surface area contributed by atoms with Gasteiger partial charge in [0.15, 0.2) is 0 Å². The highest BCUT2D eigenvalue weighted by atomic mass is 35.5. The highest BCUT2D eigenvalue weighted by Crippen LogP contribution is 2.41. The van der Waals surface area contributed by atoms with Crippen LogP contribution < -0.4 is 5.32 Å². The Morgan fingerprint density at radius 1 is 1.27 bits per heavy atom. The van der Waals surface area contributed by atoms with Crippen molar-refractivity contribution in [2.24, 2.45) is 11.8 Å². The summed E-state index contributed by atoms with van der Waals surface area (Å²) in [7, 11) is 1.79. The van der Waals surface area contributed by atoms with Crippen LogP contribution in [-0.2, 0) is 9.59 Å². The van der Waals surface area contributed by atoms with Gasteiger partial charge < -0.3 is 10.2 Å². The van der Waals surface area contributed by atoms with Crippen LogP contribution >= 0.6 is 11.6 Å². The van der Waals surface area contributed by atoms with Crippen molar-refractivity contribution in [3.8, 4) is 0 Å². The number of rotatable bonds is 4. The molecule has 22 heavy (non-hydrogen) atoms. The Morgan fingerprint density at radius 2 is 1.95 bits per heavy atom. The first-order valence-electron chi connectivity index (χ1n) is 7.84. The monoisotopic (exact) mass is 320 g/mol. The fourth-order valence-corrected chi connectivity index (χ4v) is 3.14.